The molecule has 21 heavy (non-hydrogen) atoms. The van der Waals surface area contributed by atoms with E-state index in [0.717, 1.165) is 0 Å². The van der Waals surface area contributed by atoms with Crippen LogP contribution in [0.15, 0.2) is 0 Å². The second-order valence-electron chi connectivity index (χ2n) is 5.19. The molecule has 0 spiro atoms. The standard InChI is InChI=1S/C14H22O7/c1-7-13(20-10(4)16)8(2)19-12(6-18-9(3)15)14(7)21-11(5)17/h7-8,12-14H,6H2,1-5H3. The Morgan fingerprint density at radius 2 is 1.43 bits per heavy atom. The number of hydrogen-bond acceptors (Lipinski definition) is 7. The van der Waals surface area contributed by atoms with Crippen LogP contribution in [-0.2, 0) is 33.3 Å². The van der Waals surface area contributed by atoms with Gasteiger partial charge in [0.1, 0.15) is 24.9 Å². The highest BCUT2D eigenvalue weighted by molar-refractivity contribution is 5.67. The Hall–Kier alpha value is -1.63. The Kier molecular flexibility index (Phi) is 6.14. The average Bonchev–Trinajstić information content (AvgIpc) is 2.35. The molecular weight excluding hydrogens is 280 g/mol. The lowest BCUT2D eigenvalue weighted by atomic mass is 9.88. The van der Waals surface area contributed by atoms with Crippen LogP contribution in [-0.4, -0.2) is 48.9 Å². The molecule has 0 aliphatic carbocycles. The molecule has 0 aromatic carbocycles. The van der Waals surface area contributed by atoms with Crippen LogP contribution in [0.3, 0.4) is 0 Å². The van der Waals surface area contributed by atoms with Crippen molar-refractivity contribution in [3.8, 4) is 0 Å². The van der Waals surface area contributed by atoms with Gasteiger partial charge in [-0.05, 0) is 6.92 Å². The predicted molar refractivity (Wildman–Crippen MR) is 71.2 cm³/mol. The van der Waals surface area contributed by atoms with E-state index in [9.17, 15) is 14.4 Å². The summed E-state index contributed by atoms with van der Waals surface area (Å²) in [7, 11) is 0. The number of esters is 3. The van der Waals surface area contributed by atoms with E-state index in [2.05, 4.69) is 0 Å². The van der Waals surface area contributed by atoms with Crippen molar-refractivity contribution < 1.29 is 33.3 Å². The molecule has 0 aromatic rings. The maximum absolute atomic E-state index is 11.3. The van der Waals surface area contributed by atoms with Gasteiger partial charge in [0.2, 0.25) is 0 Å². The molecule has 1 aliphatic heterocycles. The summed E-state index contributed by atoms with van der Waals surface area (Å²) < 4.78 is 21.1. The number of hydrogen-bond donors (Lipinski definition) is 0. The lowest BCUT2D eigenvalue weighted by molar-refractivity contribution is -0.225. The summed E-state index contributed by atoms with van der Waals surface area (Å²) in [6.45, 7) is 7.43. The van der Waals surface area contributed by atoms with Crippen molar-refractivity contribution in [2.75, 3.05) is 6.61 Å². The maximum Gasteiger partial charge on any atom is 0.303 e. The summed E-state index contributed by atoms with van der Waals surface area (Å²) in [5.74, 6) is -1.62. The lowest BCUT2D eigenvalue weighted by Crippen LogP contribution is -2.56. The maximum atomic E-state index is 11.3. The first-order valence-electron chi connectivity index (χ1n) is 6.85. The van der Waals surface area contributed by atoms with Gasteiger partial charge in [-0.3, -0.25) is 14.4 Å². The van der Waals surface area contributed by atoms with Crippen LogP contribution < -0.4 is 0 Å². The van der Waals surface area contributed by atoms with E-state index in [4.69, 9.17) is 18.9 Å². The van der Waals surface area contributed by atoms with Crippen molar-refractivity contribution in [3.63, 3.8) is 0 Å². The topological polar surface area (TPSA) is 88.1 Å². The third-order valence-electron chi connectivity index (χ3n) is 3.31. The van der Waals surface area contributed by atoms with Crippen molar-refractivity contribution in [1.29, 1.82) is 0 Å². The summed E-state index contributed by atoms with van der Waals surface area (Å²) in [6, 6.07) is 0. The van der Waals surface area contributed by atoms with Crippen LogP contribution in [0.25, 0.3) is 0 Å². The minimum absolute atomic E-state index is 0.0191. The Balaban J connectivity index is 2.86. The molecule has 0 N–H and O–H groups in total. The van der Waals surface area contributed by atoms with E-state index in [1.165, 1.54) is 20.8 Å². The molecule has 120 valence electrons. The summed E-state index contributed by atoms with van der Waals surface area (Å²) >= 11 is 0. The van der Waals surface area contributed by atoms with Crippen LogP contribution in [0.4, 0.5) is 0 Å². The second kappa shape index (κ2) is 7.40. The van der Waals surface area contributed by atoms with E-state index in [0.29, 0.717) is 0 Å². The van der Waals surface area contributed by atoms with Gasteiger partial charge in [0.05, 0.1) is 6.10 Å². The Morgan fingerprint density at radius 3 is 1.90 bits per heavy atom. The number of carbonyl (C=O) groups is 3. The molecule has 1 saturated heterocycles. The van der Waals surface area contributed by atoms with Gasteiger partial charge >= 0.3 is 17.9 Å². The zero-order valence-corrected chi connectivity index (χ0v) is 13.0. The molecular formula is C14H22O7. The molecule has 1 heterocycles. The highest BCUT2D eigenvalue weighted by Crippen LogP contribution is 2.30. The third-order valence-corrected chi connectivity index (χ3v) is 3.31. The number of ether oxygens (including phenoxy) is 4. The first kappa shape index (κ1) is 17.4. The molecule has 1 rings (SSSR count). The summed E-state index contributed by atoms with van der Waals surface area (Å²) in [5, 5.41) is 0. The first-order valence-corrected chi connectivity index (χ1v) is 6.85. The quantitative estimate of drug-likeness (QED) is 0.561. The van der Waals surface area contributed by atoms with Crippen LogP contribution in [0.1, 0.15) is 34.6 Å². The largest absolute Gasteiger partial charge is 0.463 e. The molecule has 5 unspecified atom stereocenters. The summed E-state index contributed by atoms with van der Waals surface area (Å²) in [6.07, 6.45) is -2.16. The van der Waals surface area contributed by atoms with Gasteiger partial charge in [-0.25, -0.2) is 0 Å². The fourth-order valence-electron chi connectivity index (χ4n) is 2.49. The van der Waals surface area contributed by atoms with Crippen molar-refractivity contribution in [2.24, 2.45) is 5.92 Å². The molecule has 0 saturated carbocycles. The molecule has 1 aliphatic rings. The number of carbonyl (C=O) groups excluding carboxylic acids is 3. The van der Waals surface area contributed by atoms with Crippen LogP contribution >= 0.6 is 0 Å². The van der Waals surface area contributed by atoms with Gasteiger partial charge in [-0.1, -0.05) is 6.92 Å². The Morgan fingerprint density at radius 1 is 0.905 bits per heavy atom. The zero-order chi connectivity index (χ0) is 16.2. The van der Waals surface area contributed by atoms with E-state index < -0.39 is 42.3 Å². The van der Waals surface area contributed by atoms with E-state index in [1.54, 1.807) is 13.8 Å². The monoisotopic (exact) mass is 302 g/mol. The average molecular weight is 302 g/mol. The fourth-order valence-corrected chi connectivity index (χ4v) is 2.49. The van der Waals surface area contributed by atoms with Crippen molar-refractivity contribution in [2.45, 2.75) is 59.0 Å². The van der Waals surface area contributed by atoms with Gasteiger partial charge in [0, 0.05) is 26.7 Å². The smallest absolute Gasteiger partial charge is 0.303 e. The van der Waals surface area contributed by atoms with Crippen molar-refractivity contribution in [1.82, 2.24) is 0 Å². The van der Waals surface area contributed by atoms with Crippen molar-refractivity contribution >= 4 is 17.9 Å². The predicted octanol–water partition coefficient (Wildman–Crippen LogP) is 0.836. The molecule has 5 atom stereocenters. The highest BCUT2D eigenvalue weighted by atomic mass is 16.6. The summed E-state index contributed by atoms with van der Waals surface area (Å²) in [4.78, 5) is 33.4. The normalized spacial score (nSPS) is 32.1. The molecule has 0 radical (unpaired) electrons. The SMILES string of the molecule is CC(=O)OCC1OC(C)C(OC(C)=O)C(C)C1OC(C)=O. The summed E-state index contributed by atoms with van der Waals surface area (Å²) in [5.41, 5.74) is 0. The van der Waals surface area contributed by atoms with Crippen LogP contribution in [0, 0.1) is 5.92 Å². The van der Waals surface area contributed by atoms with E-state index in [-0.39, 0.29) is 12.5 Å². The Labute approximate surface area is 123 Å². The molecule has 0 aromatic heterocycles. The van der Waals surface area contributed by atoms with Crippen LogP contribution in [0.2, 0.25) is 0 Å². The first-order chi connectivity index (χ1) is 9.72. The van der Waals surface area contributed by atoms with Crippen LogP contribution in [0.5, 0.6) is 0 Å². The van der Waals surface area contributed by atoms with Gasteiger partial charge in [0.15, 0.2) is 0 Å². The Bertz CT molecular complexity index is 404. The lowest BCUT2D eigenvalue weighted by Gasteiger charge is -2.43. The number of rotatable bonds is 4. The molecule has 0 amide bonds. The molecule has 0 bridgehead atoms. The minimum atomic E-state index is -0.651. The fraction of sp³-hybridized carbons (Fsp3) is 0.786. The zero-order valence-electron chi connectivity index (χ0n) is 13.0. The van der Waals surface area contributed by atoms with Gasteiger partial charge < -0.3 is 18.9 Å². The van der Waals surface area contributed by atoms with E-state index in [1.807, 2.05) is 0 Å². The minimum Gasteiger partial charge on any atom is -0.463 e. The van der Waals surface area contributed by atoms with Gasteiger partial charge in [-0.15, -0.1) is 0 Å². The molecule has 7 nitrogen and oxygen atoms in total. The van der Waals surface area contributed by atoms with Crippen molar-refractivity contribution in [3.05, 3.63) is 0 Å². The van der Waals surface area contributed by atoms with Gasteiger partial charge in [0.25, 0.3) is 0 Å². The second-order valence-corrected chi connectivity index (χ2v) is 5.19. The highest BCUT2D eigenvalue weighted by Gasteiger charge is 2.45. The third kappa shape index (κ3) is 5.00. The van der Waals surface area contributed by atoms with E-state index >= 15 is 0 Å². The molecule has 1 fully saturated rings. The molecule has 7 heteroatoms. The van der Waals surface area contributed by atoms with Gasteiger partial charge in [-0.2, -0.15) is 0 Å².